The molecule has 0 aliphatic rings. The number of amides is 1. The fourth-order valence-corrected chi connectivity index (χ4v) is 1.70. The molecule has 0 radical (unpaired) electrons. The first-order valence-electron chi connectivity index (χ1n) is 6.52. The van der Waals surface area contributed by atoms with Crippen LogP contribution in [0.2, 0.25) is 0 Å². The maximum atomic E-state index is 11.8. The van der Waals surface area contributed by atoms with Gasteiger partial charge in [-0.25, -0.2) is 9.59 Å². The van der Waals surface area contributed by atoms with Gasteiger partial charge in [0.05, 0.1) is 7.11 Å². The number of carbonyl (C=O) groups is 2. The van der Waals surface area contributed by atoms with Crippen LogP contribution in [0.4, 0.5) is 4.79 Å². The predicted octanol–water partition coefficient (Wildman–Crippen LogP) is 1.62. The van der Waals surface area contributed by atoms with E-state index in [1.54, 1.807) is 45.0 Å². The molecule has 6 nitrogen and oxygen atoms in total. The van der Waals surface area contributed by atoms with Crippen molar-refractivity contribution >= 4 is 12.1 Å². The van der Waals surface area contributed by atoms with Gasteiger partial charge < -0.3 is 14.6 Å². The quantitative estimate of drug-likeness (QED) is 0.651. The second-order valence-corrected chi connectivity index (χ2v) is 5.64. The predicted molar refractivity (Wildman–Crippen MR) is 76.5 cm³/mol. The average molecular weight is 295 g/mol. The van der Waals surface area contributed by atoms with Gasteiger partial charge in [-0.3, -0.25) is 5.32 Å². The highest BCUT2D eigenvalue weighted by atomic mass is 16.6. The normalized spacial score (nSPS) is 14.0. The molecular weight excluding hydrogens is 274 g/mol. The highest BCUT2D eigenvalue weighted by Crippen LogP contribution is 2.15. The van der Waals surface area contributed by atoms with E-state index in [9.17, 15) is 14.7 Å². The van der Waals surface area contributed by atoms with Crippen LogP contribution in [-0.2, 0) is 20.7 Å². The van der Waals surface area contributed by atoms with Crippen LogP contribution in [0.1, 0.15) is 26.3 Å². The molecule has 0 heterocycles. The summed E-state index contributed by atoms with van der Waals surface area (Å²) < 4.78 is 9.61. The van der Waals surface area contributed by atoms with E-state index in [1.165, 1.54) is 0 Å². The number of benzene rings is 1. The molecule has 1 atom stereocenters. The summed E-state index contributed by atoms with van der Waals surface area (Å²) in [6, 6.07) is 8.79. The van der Waals surface area contributed by atoms with E-state index in [0.29, 0.717) is 5.56 Å². The molecule has 1 aromatic carbocycles. The number of hydrogen-bond acceptors (Lipinski definition) is 5. The average Bonchev–Trinajstić information content (AvgIpc) is 2.36. The molecule has 0 aromatic heterocycles. The van der Waals surface area contributed by atoms with Gasteiger partial charge in [-0.1, -0.05) is 30.3 Å². The van der Waals surface area contributed by atoms with Crippen molar-refractivity contribution in [3.63, 3.8) is 0 Å². The van der Waals surface area contributed by atoms with Crippen molar-refractivity contribution in [2.45, 2.75) is 38.5 Å². The van der Waals surface area contributed by atoms with Crippen molar-refractivity contribution in [1.29, 1.82) is 0 Å². The van der Waals surface area contributed by atoms with Crippen LogP contribution < -0.4 is 5.32 Å². The molecule has 0 bridgehead atoms. The molecule has 0 aliphatic carbocycles. The third kappa shape index (κ3) is 5.43. The van der Waals surface area contributed by atoms with Crippen LogP contribution >= 0.6 is 0 Å². The van der Waals surface area contributed by atoms with Gasteiger partial charge in [-0.05, 0) is 26.3 Å². The number of rotatable bonds is 4. The van der Waals surface area contributed by atoms with Gasteiger partial charge in [0.2, 0.25) is 5.72 Å². The lowest BCUT2D eigenvalue weighted by molar-refractivity contribution is -0.165. The molecule has 2 N–H and O–H groups in total. The Morgan fingerprint density at radius 3 is 2.24 bits per heavy atom. The zero-order valence-corrected chi connectivity index (χ0v) is 12.7. The summed E-state index contributed by atoms with van der Waals surface area (Å²) in [5.41, 5.74) is -2.26. The van der Waals surface area contributed by atoms with Crippen molar-refractivity contribution in [3.05, 3.63) is 35.9 Å². The van der Waals surface area contributed by atoms with E-state index in [1.807, 2.05) is 6.07 Å². The van der Waals surface area contributed by atoms with E-state index in [2.05, 4.69) is 10.1 Å². The first-order chi connectivity index (χ1) is 9.66. The second-order valence-electron chi connectivity index (χ2n) is 5.64. The largest absolute Gasteiger partial charge is 0.465 e. The number of ether oxygens (including phenoxy) is 2. The molecule has 1 rings (SSSR count). The lowest BCUT2D eigenvalue weighted by Crippen LogP contribution is -2.57. The molecule has 21 heavy (non-hydrogen) atoms. The van der Waals surface area contributed by atoms with Crippen molar-refractivity contribution < 1.29 is 24.2 Å². The maximum absolute atomic E-state index is 11.8. The number of nitrogens with one attached hydrogen (secondary N) is 1. The van der Waals surface area contributed by atoms with Crippen LogP contribution in [-0.4, -0.2) is 35.6 Å². The highest BCUT2D eigenvalue weighted by Gasteiger charge is 2.40. The summed E-state index contributed by atoms with van der Waals surface area (Å²) in [5, 5.41) is 12.6. The van der Waals surface area contributed by atoms with Gasteiger partial charge in [0, 0.05) is 6.42 Å². The number of aliphatic hydroxyl groups is 1. The maximum Gasteiger partial charge on any atom is 0.410 e. The Balaban J connectivity index is 2.89. The molecule has 116 valence electrons. The molecule has 1 aromatic rings. The van der Waals surface area contributed by atoms with E-state index in [-0.39, 0.29) is 6.42 Å². The zero-order valence-electron chi connectivity index (χ0n) is 12.7. The minimum absolute atomic E-state index is 0.125. The molecule has 6 heteroatoms. The van der Waals surface area contributed by atoms with Crippen molar-refractivity contribution in [2.75, 3.05) is 7.11 Å². The van der Waals surface area contributed by atoms with Gasteiger partial charge >= 0.3 is 12.1 Å². The fraction of sp³-hybridized carbons (Fsp3) is 0.467. The molecule has 1 unspecified atom stereocenters. The molecule has 0 saturated carbocycles. The van der Waals surface area contributed by atoms with Crippen molar-refractivity contribution in [3.8, 4) is 0 Å². The Hall–Kier alpha value is -2.08. The molecule has 0 saturated heterocycles. The third-order valence-electron chi connectivity index (χ3n) is 2.53. The number of esters is 1. The van der Waals surface area contributed by atoms with E-state index in [0.717, 1.165) is 7.11 Å². The lowest BCUT2D eigenvalue weighted by Gasteiger charge is -2.28. The van der Waals surface area contributed by atoms with Crippen molar-refractivity contribution in [2.24, 2.45) is 0 Å². The number of alkyl carbamates (subject to hydrolysis) is 1. The Bertz CT molecular complexity index is 495. The lowest BCUT2D eigenvalue weighted by atomic mass is 10.0. The monoisotopic (exact) mass is 295 g/mol. The van der Waals surface area contributed by atoms with Crippen LogP contribution in [0.15, 0.2) is 30.3 Å². The number of methoxy groups -OCH3 is 1. The third-order valence-corrected chi connectivity index (χ3v) is 2.53. The van der Waals surface area contributed by atoms with Gasteiger partial charge in [0.25, 0.3) is 0 Å². The highest BCUT2D eigenvalue weighted by molar-refractivity contribution is 5.84. The van der Waals surface area contributed by atoms with Crippen LogP contribution in [0.5, 0.6) is 0 Å². The molecule has 0 aliphatic heterocycles. The standard InChI is InChI=1S/C15H21NO5/c1-14(2,3)21-13(18)16-15(19,12(17)20-4)10-11-8-6-5-7-9-11/h5-9,19H,10H2,1-4H3,(H,16,18). The zero-order chi connectivity index (χ0) is 16.1. The summed E-state index contributed by atoms with van der Waals surface area (Å²) in [7, 11) is 1.13. The minimum atomic E-state index is -2.18. The number of hydrogen-bond donors (Lipinski definition) is 2. The smallest absolute Gasteiger partial charge is 0.410 e. The van der Waals surface area contributed by atoms with E-state index < -0.39 is 23.4 Å². The Morgan fingerprint density at radius 2 is 1.76 bits per heavy atom. The summed E-state index contributed by atoms with van der Waals surface area (Å²) in [6.07, 6.45) is -1.02. The second kappa shape index (κ2) is 6.58. The summed E-state index contributed by atoms with van der Waals surface area (Å²) in [5.74, 6) is -0.961. The molecule has 0 spiro atoms. The van der Waals surface area contributed by atoms with Gasteiger partial charge in [-0.2, -0.15) is 0 Å². The SMILES string of the molecule is COC(=O)C(O)(Cc1ccccc1)NC(=O)OC(C)(C)C. The summed E-state index contributed by atoms with van der Waals surface area (Å²) in [4.78, 5) is 23.6. The van der Waals surface area contributed by atoms with E-state index >= 15 is 0 Å². The van der Waals surface area contributed by atoms with E-state index in [4.69, 9.17) is 4.74 Å². The molecule has 0 fully saturated rings. The van der Waals surface area contributed by atoms with Gasteiger partial charge in [-0.15, -0.1) is 0 Å². The Labute approximate surface area is 124 Å². The summed E-state index contributed by atoms with van der Waals surface area (Å²) >= 11 is 0. The van der Waals surface area contributed by atoms with Crippen LogP contribution in [0.3, 0.4) is 0 Å². The van der Waals surface area contributed by atoms with Crippen LogP contribution in [0, 0.1) is 0 Å². The minimum Gasteiger partial charge on any atom is -0.465 e. The first kappa shape index (κ1) is 17.0. The van der Waals surface area contributed by atoms with Gasteiger partial charge in [0.1, 0.15) is 5.60 Å². The van der Waals surface area contributed by atoms with Crippen LogP contribution in [0.25, 0.3) is 0 Å². The molecular formula is C15H21NO5. The summed E-state index contributed by atoms with van der Waals surface area (Å²) in [6.45, 7) is 5.04. The topological polar surface area (TPSA) is 84.9 Å². The number of carbonyl (C=O) groups excluding carboxylic acids is 2. The Kier molecular flexibility index (Phi) is 5.32. The molecule has 1 amide bonds. The fourth-order valence-electron chi connectivity index (χ4n) is 1.70. The van der Waals surface area contributed by atoms with Crippen molar-refractivity contribution in [1.82, 2.24) is 5.32 Å². The first-order valence-corrected chi connectivity index (χ1v) is 6.52. The Morgan fingerprint density at radius 1 is 1.19 bits per heavy atom. The van der Waals surface area contributed by atoms with Gasteiger partial charge in [0.15, 0.2) is 0 Å².